The zero-order valence-electron chi connectivity index (χ0n) is 15.8. The van der Waals surface area contributed by atoms with Crippen molar-refractivity contribution in [2.75, 3.05) is 19.7 Å². The van der Waals surface area contributed by atoms with Crippen molar-refractivity contribution in [2.45, 2.75) is 30.3 Å². The van der Waals surface area contributed by atoms with Gasteiger partial charge in [-0.2, -0.15) is 9.29 Å². The van der Waals surface area contributed by atoms with Gasteiger partial charge in [-0.1, -0.05) is 23.4 Å². The molecule has 1 aliphatic rings. The number of piperidine rings is 1. The molecule has 4 rings (SSSR count). The highest BCUT2D eigenvalue weighted by Gasteiger charge is 2.30. The minimum absolute atomic E-state index is 0.157. The molecular weight excluding hydrogens is 392 g/mol. The fraction of sp³-hybridized carbons (Fsp3) is 0.350. The van der Waals surface area contributed by atoms with Crippen LogP contribution < -0.4 is 0 Å². The van der Waals surface area contributed by atoms with E-state index in [2.05, 4.69) is 15.1 Å². The van der Waals surface area contributed by atoms with Crippen LogP contribution in [0.15, 0.2) is 64.3 Å². The fourth-order valence-corrected chi connectivity index (χ4v) is 4.75. The van der Waals surface area contributed by atoms with Gasteiger partial charge in [-0.25, -0.2) is 8.42 Å². The third kappa shape index (κ3) is 4.69. The van der Waals surface area contributed by atoms with Gasteiger partial charge in [0.1, 0.15) is 4.90 Å². The second-order valence-corrected chi connectivity index (χ2v) is 8.76. The maximum absolute atomic E-state index is 12.8. The Kier molecular flexibility index (Phi) is 5.98. The number of aromatic nitrogens is 3. The minimum atomic E-state index is -3.55. The van der Waals surface area contributed by atoms with Gasteiger partial charge >= 0.3 is 0 Å². The first-order valence-electron chi connectivity index (χ1n) is 9.53. The highest BCUT2D eigenvalue weighted by atomic mass is 32.2. The summed E-state index contributed by atoms with van der Waals surface area (Å²) in [7, 11) is -3.55. The van der Waals surface area contributed by atoms with E-state index in [9.17, 15) is 8.42 Å². The molecule has 0 spiro atoms. The van der Waals surface area contributed by atoms with Crippen LogP contribution in [0, 0.1) is 0 Å². The maximum Gasteiger partial charge on any atom is 0.257 e. The summed E-state index contributed by atoms with van der Waals surface area (Å²) in [6.45, 7) is 1.22. The molecule has 0 N–H and O–H groups in total. The number of hydrogen-bond acceptors (Lipinski definition) is 7. The Morgan fingerprint density at radius 2 is 2.03 bits per heavy atom. The van der Waals surface area contributed by atoms with Crippen molar-refractivity contribution in [2.24, 2.45) is 0 Å². The van der Waals surface area contributed by atoms with Gasteiger partial charge in [-0.05, 0) is 37.1 Å². The number of benzene rings is 1. The van der Waals surface area contributed by atoms with E-state index in [1.807, 2.05) is 30.3 Å². The normalized spacial score (nSPS) is 18.0. The third-order valence-electron chi connectivity index (χ3n) is 4.78. The highest BCUT2D eigenvalue weighted by molar-refractivity contribution is 7.89. The molecular formula is C20H22N4O4S. The molecule has 0 saturated carbocycles. The number of sulfonamides is 1. The van der Waals surface area contributed by atoms with Crippen LogP contribution in [-0.2, 0) is 21.2 Å². The van der Waals surface area contributed by atoms with E-state index in [0.29, 0.717) is 37.8 Å². The van der Waals surface area contributed by atoms with Gasteiger partial charge in [0.2, 0.25) is 10.0 Å². The largest absolute Gasteiger partial charge is 0.376 e. The molecule has 3 aromatic rings. The van der Waals surface area contributed by atoms with Crippen molar-refractivity contribution >= 4 is 10.0 Å². The number of hydrogen-bond donors (Lipinski definition) is 0. The lowest BCUT2D eigenvalue weighted by molar-refractivity contribution is 0.0199. The van der Waals surface area contributed by atoms with Crippen LogP contribution in [0.4, 0.5) is 0 Å². The van der Waals surface area contributed by atoms with Crippen molar-refractivity contribution < 1.29 is 17.7 Å². The molecule has 0 radical (unpaired) electrons. The predicted octanol–water partition coefficient (Wildman–Crippen LogP) is 2.54. The van der Waals surface area contributed by atoms with E-state index in [-0.39, 0.29) is 11.0 Å². The molecule has 1 aromatic carbocycles. The van der Waals surface area contributed by atoms with Crippen LogP contribution in [0.25, 0.3) is 11.5 Å². The Hall–Kier alpha value is -2.62. The summed E-state index contributed by atoms with van der Waals surface area (Å²) in [4.78, 5) is 8.51. The van der Waals surface area contributed by atoms with Gasteiger partial charge in [0.25, 0.3) is 5.89 Å². The lowest BCUT2D eigenvalue weighted by Crippen LogP contribution is -2.43. The van der Waals surface area contributed by atoms with Gasteiger partial charge in [-0.15, -0.1) is 0 Å². The van der Waals surface area contributed by atoms with E-state index in [1.54, 1.807) is 18.3 Å². The molecule has 1 unspecified atom stereocenters. The summed E-state index contributed by atoms with van der Waals surface area (Å²) < 4.78 is 38.2. The zero-order valence-corrected chi connectivity index (χ0v) is 16.7. The van der Waals surface area contributed by atoms with Gasteiger partial charge in [0.15, 0.2) is 5.82 Å². The molecule has 1 aliphatic heterocycles. The Morgan fingerprint density at radius 3 is 2.83 bits per heavy atom. The Bertz CT molecular complexity index is 1020. The first kappa shape index (κ1) is 19.7. The molecule has 29 heavy (non-hydrogen) atoms. The number of pyridine rings is 1. The topological polar surface area (TPSA) is 98.4 Å². The quantitative estimate of drug-likeness (QED) is 0.586. The van der Waals surface area contributed by atoms with Crippen molar-refractivity contribution in [3.63, 3.8) is 0 Å². The first-order chi connectivity index (χ1) is 14.1. The average Bonchev–Trinajstić information content (AvgIpc) is 3.24. The second kappa shape index (κ2) is 8.81. The van der Waals surface area contributed by atoms with Crippen LogP contribution in [0.3, 0.4) is 0 Å². The van der Waals surface area contributed by atoms with Crippen LogP contribution in [-0.4, -0.2) is 53.6 Å². The molecule has 1 fully saturated rings. The summed E-state index contributed by atoms with van der Waals surface area (Å²) in [6, 6.07) is 12.8. The Labute approximate surface area is 169 Å². The van der Waals surface area contributed by atoms with Gasteiger partial charge in [-0.3, -0.25) is 4.98 Å². The molecule has 3 heterocycles. The van der Waals surface area contributed by atoms with Crippen LogP contribution >= 0.6 is 0 Å². The molecule has 0 bridgehead atoms. The third-order valence-corrected chi connectivity index (χ3v) is 6.63. The lowest BCUT2D eigenvalue weighted by Gasteiger charge is -2.31. The number of nitrogens with zero attached hydrogens (tertiary/aromatic N) is 4. The van der Waals surface area contributed by atoms with Gasteiger partial charge in [0.05, 0.1) is 12.7 Å². The van der Waals surface area contributed by atoms with Gasteiger partial charge < -0.3 is 9.26 Å². The van der Waals surface area contributed by atoms with Gasteiger partial charge in [0, 0.05) is 37.5 Å². The van der Waals surface area contributed by atoms with E-state index in [0.717, 1.165) is 18.4 Å². The molecule has 8 nitrogen and oxygen atoms in total. The van der Waals surface area contributed by atoms with E-state index >= 15 is 0 Å². The standard InChI is InChI=1S/C20H22N4O4S/c25-29(26,18-9-4-11-21-14-18)24-12-5-8-17(15-24)27-13-10-19-22-20(28-23-19)16-6-2-1-3-7-16/h1-4,6-7,9,11,14,17H,5,8,10,12-13,15H2. The molecule has 152 valence electrons. The molecule has 0 aliphatic carbocycles. The smallest absolute Gasteiger partial charge is 0.257 e. The fourth-order valence-electron chi connectivity index (χ4n) is 3.28. The SMILES string of the molecule is O=S(=O)(c1cccnc1)N1CCCC(OCCc2noc(-c3ccccc3)n2)C1. The Morgan fingerprint density at radius 1 is 1.17 bits per heavy atom. The lowest BCUT2D eigenvalue weighted by atomic mass is 10.1. The number of rotatable bonds is 7. The summed E-state index contributed by atoms with van der Waals surface area (Å²) in [6.07, 6.45) is 4.85. The monoisotopic (exact) mass is 414 g/mol. The van der Waals surface area contributed by atoms with Crippen molar-refractivity contribution in [1.29, 1.82) is 0 Å². The second-order valence-electron chi connectivity index (χ2n) is 6.82. The molecule has 9 heteroatoms. The molecule has 1 saturated heterocycles. The minimum Gasteiger partial charge on any atom is -0.376 e. The highest BCUT2D eigenvalue weighted by Crippen LogP contribution is 2.22. The Balaban J connectivity index is 1.31. The molecule has 0 amide bonds. The summed E-state index contributed by atoms with van der Waals surface area (Å²) in [5.41, 5.74) is 0.871. The predicted molar refractivity (Wildman–Crippen MR) is 105 cm³/mol. The van der Waals surface area contributed by atoms with E-state index in [4.69, 9.17) is 9.26 Å². The zero-order chi connectivity index (χ0) is 20.1. The summed E-state index contributed by atoms with van der Waals surface area (Å²) in [5.74, 6) is 1.05. The first-order valence-corrected chi connectivity index (χ1v) is 11.0. The molecule has 2 aromatic heterocycles. The molecule has 1 atom stereocenters. The van der Waals surface area contributed by atoms with Crippen molar-refractivity contribution in [3.05, 3.63) is 60.7 Å². The van der Waals surface area contributed by atoms with Crippen molar-refractivity contribution in [1.82, 2.24) is 19.4 Å². The summed E-state index contributed by atoms with van der Waals surface area (Å²) >= 11 is 0. The summed E-state index contributed by atoms with van der Waals surface area (Å²) in [5, 5.41) is 3.99. The van der Waals surface area contributed by atoms with Crippen LogP contribution in [0.5, 0.6) is 0 Å². The van der Waals surface area contributed by atoms with E-state index < -0.39 is 10.0 Å². The van der Waals surface area contributed by atoms with Crippen LogP contribution in [0.1, 0.15) is 18.7 Å². The van der Waals surface area contributed by atoms with E-state index in [1.165, 1.54) is 10.5 Å². The maximum atomic E-state index is 12.8. The van der Waals surface area contributed by atoms with Crippen LogP contribution in [0.2, 0.25) is 0 Å². The van der Waals surface area contributed by atoms with Crippen molar-refractivity contribution in [3.8, 4) is 11.5 Å². The average molecular weight is 414 g/mol. The number of ether oxygens (including phenoxy) is 1.